The Morgan fingerprint density at radius 3 is 2.08 bits per heavy atom. The number of carbonyl (C=O) groups excluding carboxylic acids is 1. The lowest BCUT2D eigenvalue weighted by atomic mass is 10.3. The molecular formula is C20H17IN2O2. The Kier molecular flexibility index (Phi) is 5.90. The van der Waals surface area contributed by atoms with Crippen molar-refractivity contribution in [3.05, 3.63) is 82.4 Å². The van der Waals surface area contributed by atoms with Gasteiger partial charge < -0.3 is 15.4 Å². The van der Waals surface area contributed by atoms with Crippen LogP contribution in [0.1, 0.15) is 0 Å². The fourth-order valence-corrected chi connectivity index (χ4v) is 2.55. The van der Waals surface area contributed by atoms with Crippen LogP contribution >= 0.6 is 22.6 Å². The third-order valence-corrected chi connectivity index (χ3v) is 4.13. The van der Waals surface area contributed by atoms with Gasteiger partial charge >= 0.3 is 0 Å². The van der Waals surface area contributed by atoms with Gasteiger partial charge in [0, 0.05) is 14.9 Å². The van der Waals surface area contributed by atoms with E-state index >= 15 is 0 Å². The van der Waals surface area contributed by atoms with E-state index in [9.17, 15) is 4.79 Å². The zero-order valence-electron chi connectivity index (χ0n) is 13.4. The molecule has 0 aliphatic heterocycles. The lowest BCUT2D eigenvalue weighted by Crippen LogP contribution is -2.21. The topological polar surface area (TPSA) is 50.4 Å². The van der Waals surface area contributed by atoms with Crippen molar-refractivity contribution in [2.45, 2.75) is 0 Å². The molecule has 0 saturated heterocycles. The maximum atomic E-state index is 12.0. The summed E-state index contributed by atoms with van der Waals surface area (Å²) < 4.78 is 6.89. The molecule has 0 fully saturated rings. The molecule has 5 heteroatoms. The van der Waals surface area contributed by atoms with Gasteiger partial charge in [0.2, 0.25) is 5.91 Å². The minimum Gasteiger partial charge on any atom is -0.457 e. The molecule has 25 heavy (non-hydrogen) atoms. The van der Waals surface area contributed by atoms with Gasteiger partial charge in [0.15, 0.2) is 0 Å². The number of hydrogen-bond acceptors (Lipinski definition) is 3. The number of benzene rings is 3. The highest BCUT2D eigenvalue weighted by Crippen LogP contribution is 2.22. The second-order valence-corrected chi connectivity index (χ2v) is 6.59. The van der Waals surface area contributed by atoms with E-state index in [4.69, 9.17) is 4.74 Å². The molecule has 4 nitrogen and oxygen atoms in total. The minimum absolute atomic E-state index is 0.102. The van der Waals surface area contributed by atoms with Gasteiger partial charge in [-0.2, -0.15) is 0 Å². The summed E-state index contributed by atoms with van der Waals surface area (Å²) in [6.45, 7) is 0.211. The van der Waals surface area contributed by atoms with Crippen LogP contribution in [0.3, 0.4) is 0 Å². The van der Waals surface area contributed by atoms with Crippen molar-refractivity contribution in [2.75, 3.05) is 17.2 Å². The van der Waals surface area contributed by atoms with Crippen molar-refractivity contribution in [3.8, 4) is 11.5 Å². The normalized spacial score (nSPS) is 10.1. The molecule has 0 bridgehead atoms. The van der Waals surface area contributed by atoms with Crippen LogP contribution in [0.2, 0.25) is 0 Å². The Bertz CT molecular complexity index is 819. The number of para-hydroxylation sites is 1. The molecule has 0 aromatic heterocycles. The third kappa shape index (κ3) is 5.49. The van der Waals surface area contributed by atoms with E-state index in [1.807, 2.05) is 78.9 Å². The first kappa shape index (κ1) is 17.3. The first-order valence-electron chi connectivity index (χ1n) is 7.81. The Labute approximate surface area is 160 Å². The fraction of sp³-hybridized carbons (Fsp3) is 0.0500. The lowest BCUT2D eigenvalue weighted by Gasteiger charge is -2.09. The van der Waals surface area contributed by atoms with Gasteiger partial charge in [-0.05, 0) is 83.3 Å². The summed E-state index contributed by atoms with van der Waals surface area (Å²) in [6.07, 6.45) is 0. The highest BCUT2D eigenvalue weighted by atomic mass is 127. The molecule has 0 atom stereocenters. The van der Waals surface area contributed by atoms with Gasteiger partial charge in [-0.25, -0.2) is 0 Å². The van der Waals surface area contributed by atoms with E-state index in [2.05, 4.69) is 33.2 Å². The molecule has 0 saturated carbocycles. The summed E-state index contributed by atoms with van der Waals surface area (Å²) in [5.41, 5.74) is 1.65. The number of nitrogens with one attached hydrogen (secondary N) is 2. The fourth-order valence-electron chi connectivity index (χ4n) is 2.19. The Hall–Kier alpha value is -2.54. The molecule has 3 aromatic carbocycles. The SMILES string of the molecule is O=C(CNc1ccc(I)cc1)Nc1ccc(Oc2ccccc2)cc1. The van der Waals surface area contributed by atoms with Crippen LogP contribution < -0.4 is 15.4 Å². The maximum absolute atomic E-state index is 12.0. The lowest BCUT2D eigenvalue weighted by molar-refractivity contribution is -0.114. The van der Waals surface area contributed by atoms with Crippen LogP contribution in [0.25, 0.3) is 0 Å². The standard InChI is InChI=1S/C20H17IN2O2/c21-15-6-8-16(9-7-15)22-14-20(24)23-17-10-12-19(13-11-17)25-18-4-2-1-3-5-18/h1-13,22H,14H2,(H,23,24). The zero-order valence-corrected chi connectivity index (χ0v) is 15.6. The van der Waals surface area contributed by atoms with Gasteiger partial charge in [-0.3, -0.25) is 4.79 Å². The second-order valence-electron chi connectivity index (χ2n) is 5.35. The predicted molar refractivity (Wildman–Crippen MR) is 109 cm³/mol. The first-order valence-corrected chi connectivity index (χ1v) is 8.89. The van der Waals surface area contributed by atoms with E-state index in [1.165, 1.54) is 0 Å². The van der Waals surface area contributed by atoms with Crippen molar-refractivity contribution < 1.29 is 9.53 Å². The predicted octanol–water partition coefficient (Wildman–Crippen LogP) is 5.13. The van der Waals surface area contributed by atoms with E-state index in [0.29, 0.717) is 0 Å². The molecule has 2 N–H and O–H groups in total. The van der Waals surface area contributed by atoms with E-state index in [0.717, 1.165) is 26.4 Å². The average Bonchev–Trinajstić information content (AvgIpc) is 2.64. The highest BCUT2D eigenvalue weighted by Gasteiger charge is 2.03. The number of anilines is 2. The molecule has 3 rings (SSSR count). The number of ether oxygens (including phenoxy) is 1. The van der Waals surface area contributed by atoms with Crippen LogP contribution in [0.15, 0.2) is 78.9 Å². The second kappa shape index (κ2) is 8.53. The van der Waals surface area contributed by atoms with E-state index in [1.54, 1.807) is 0 Å². The molecule has 0 aliphatic carbocycles. The Morgan fingerprint density at radius 1 is 0.800 bits per heavy atom. The van der Waals surface area contributed by atoms with Crippen LogP contribution in [0.5, 0.6) is 11.5 Å². The van der Waals surface area contributed by atoms with Crippen LogP contribution in [-0.4, -0.2) is 12.5 Å². The van der Waals surface area contributed by atoms with Crippen molar-refractivity contribution in [1.29, 1.82) is 0 Å². The third-order valence-electron chi connectivity index (χ3n) is 3.41. The van der Waals surface area contributed by atoms with Gasteiger partial charge in [0.05, 0.1) is 6.54 Å². The van der Waals surface area contributed by atoms with Crippen molar-refractivity contribution in [3.63, 3.8) is 0 Å². The average molecular weight is 444 g/mol. The summed E-state index contributed by atoms with van der Waals surface area (Å²) in [7, 11) is 0. The summed E-state index contributed by atoms with van der Waals surface area (Å²) in [5, 5.41) is 5.95. The van der Waals surface area contributed by atoms with Gasteiger partial charge in [-0.1, -0.05) is 18.2 Å². The first-order chi connectivity index (χ1) is 12.2. The van der Waals surface area contributed by atoms with Gasteiger partial charge in [0.1, 0.15) is 11.5 Å². The molecule has 0 unspecified atom stereocenters. The van der Waals surface area contributed by atoms with Crippen LogP contribution in [0.4, 0.5) is 11.4 Å². The quantitative estimate of drug-likeness (QED) is 0.518. The van der Waals surface area contributed by atoms with Gasteiger partial charge in [0.25, 0.3) is 0 Å². The number of amides is 1. The monoisotopic (exact) mass is 444 g/mol. The van der Waals surface area contributed by atoms with E-state index in [-0.39, 0.29) is 12.5 Å². The number of halogens is 1. The van der Waals surface area contributed by atoms with Crippen LogP contribution in [-0.2, 0) is 4.79 Å². The van der Waals surface area contributed by atoms with Gasteiger partial charge in [-0.15, -0.1) is 0 Å². The Balaban J connectivity index is 1.50. The van der Waals surface area contributed by atoms with Crippen LogP contribution in [0, 0.1) is 3.57 Å². The number of carbonyl (C=O) groups is 1. The van der Waals surface area contributed by atoms with Crippen molar-refractivity contribution in [1.82, 2.24) is 0 Å². The molecule has 0 heterocycles. The van der Waals surface area contributed by atoms with Crippen molar-refractivity contribution in [2.24, 2.45) is 0 Å². The summed E-state index contributed by atoms with van der Waals surface area (Å²) in [4.78, 5) is 12.0. The minimum atomic E-state index is -0.102. The molecule has 1 amide bonds. The Morgan fingerprint density at radius 2 is 1.40 bits per heavy atom. The summed E-state index contributed by atoms with van der Waals surface area (Å²) in [5.74, 6) is 1.40. The summed E-state index contributed by atoms with van der Waals surface area (Å²) in [6, 6.07) is 24.8. The maximum Gasteiger partial charge on any atom is 0.243 e. The largest absolute Gasteiger partial charge is 0.457 e. The molecule has 0 aliphatic rings. The molecule has 0 radical (unpaired) electrons. The molecule has 0 spiro atoms. The zero-order chi connectivity index (χ0) is 17.5. The molecule has 126 valence electrons. The number of hydrogen-bond donors (Lipinski definition) is 2. The highest BCUT2D eigenvalue weighted by molar-refractivity contribution is 14.1. The smallest absolute Gasteiger partial charge is 0.243 e. The van der Waals surface area contributed by atoms with E-state index < -0.39 is 0 Å². The molecular weight excluding hydrogens is 427 g/mol. The summed E-state index contributed by atoms with van der Waals surface area (Å²) >= 11 is 2.25. The number of rotatable bonds is 6. The molecule has 3 aromatic rings. The van der Waals surface area contributed by atoms with Crippen molar-refractivity contribution >= 4 is 39.9 Å².